The van der Waals surface area contributed by atoms with Gasteiger partial charge in [-0.3, -0.25) is 14.4 Å². The number of ether oxygens (including phenoxy) is 2. The van der Waals surface area contributed by atoms with Crippen LogP contribution >= 0.6 is 0 Å². The Morgan fingerprint density at radius 1 is 1.10 bits per heavy atom. The second-order valence-corrected chi connectivity index (χ2v) is 7.97. The van der Waals surface area contributed by atoms with Gasteiger partial charge in [0.2, 0.25) is 17.7 Å². The predicted octanol–water partition coefficient (Wildman–Crippen LogP) is 1.79. The van der Waals surface area contributed by atoms with E-state index >= 15 is 0 Å². The molecule has 3 amide bonds. The Kier molecular flexibility index (Phi) is 7.93. The van der Waals surface area contributed by atoms with E-state index in [1.807, 2.05) is 18.2 Å². The molecule has 2 aliphatic rings. The number of hydrogen-bond donors (Lipinski definition) is 3. The molecule has 1 aromatic carbocycles. The first kappa shape index (κ1) is 21.9. The normalized spacial score (nSPS) is 16.7. The molecule has 30 heavy (non-hydrogen) atoms. The maximum absolute atomic E-state index is 12.7. The number of nitrogens with two attached hydrogens (primary N) is 1. The molecule has 0 aromatic heterocycles. The summed E-state index contributed by atoms with van der Waals surface area (Å²) in [7, 11) is 0. The van der Waals surface area contributed by atoms with Crippen LogP contribution in [0.15, 0.2) is 18.2 Å². The minimum atomic E-state index is -0.801. The minimum Gasteiger partial charge on any atom is -0.486 e. The molecule has 1 fully saturated rings. The lowest BCUT2D eigenvalue weighted by molar-refractivity contribution is -0.129. The molecule has 8 heteroatoms. The molecule has 4 N–H and O–H groups in total. The van der Waals surface area contributed by atoms with Crippen molar-refractivity contribution in [3.63, 3.8) is 0 Å². The Balaban J connectivity index is 1.55. The van der Waals surface area contributed by atoms with Crippen LogP contribution in [0.5, 0.6) is 11.5 Å². The molecule has 3 rings (SSSR count). The van der Waals surface area contributed by atoms with E-state index in [1.165, 1.54) is 25.7 Å². The van der Waals surface area contributed by atoms with E-state index in [-0.39, 0.29) is 31.2 Å². The molecule has 1 aliphatic carbocycles. The van der Waals surface area contributed by atoms with Crippen LogP contribution in [-0.4, -0.2) is 37.0 Å². The summed E-state index contributed by atoms with van der Waals surface area (Å²) in [6, 6.07) is 4.71. The van der Waals surface area contributed by atoms with Gasteiger partial charge in [0.05, 0.1) is 0 Å². The molecule has 0 radical (unpaired) electrons. The minimum absolute atomic E-state index is 0.0265. The van der Waals surface area contributed by atoms with Crippen molar-refractivity contribution in [3.8, 4) is 11.5 Å². The van der Waals surface area contributed by atoms with Crippen molar-refractivity contribution in [2.75, 3.05) is 13.2 Å². The van der Waals surface area contributed by atoms with Gasteiger partial charge in [0.25, 0.3) is 0 Å². The molecular formula is C22H31N3O5. The van der Waals surface area contributed by atoms with Gasteiger partial charge in [0.15, 0.2) is 11.5 Å². The third kappa shape index (κ3) is 6.37. The summed E-state index contributed by atoms with van der Waals surface area (Å²) < 4.78 is 11.2. The van der Waals surface area contributed by atoms with Crippen LogP contribution in [0, 0.1) is 5.92 Å². The summed E-state index contributed by atoms with van der Waals surface area (Å²) in [6.07, 6.45) is 6.23. The van der Waals surface area contributed by atoms with Crippen molar-refractivity contribution in [2.45, 2.75) is 64.0 Å². The summed E-state index contributed by atoms with van der Waals surface area (Å²) in [5.41, 5.74) is 6.03. The van der Waals surface area contributed by atoms with E-state index < -0.39 is 11.9 Å². The molecule has 0 saturated heterocycles. The van der Waals surface area contributed by atoms with Gasteiger partial charge < -0.3 is 25.8 Å². The van der Waals surface area contributed by atoms with Gasteiger partial charge in [-0.05, 0) is 24.8 Å². The molecule has 0 spiro atoms. The van der Waals surface area contributed by atoms with Crippen LogP contribution in [0.25, 0.3) is 0 Å². The highest BCUT2D eigenvalue weighted by Gasteiger charge is 2.23. The number of primary amides is 1. The summed E-state index contributed by atoms with van der Waals surface area (Å²) >= 11 is 0. The standard InChI is InChI=1S/C22H31N3O5/c23-19(26)10-9-17(25-20(27)11-8-15-4-1-2-5-15)22(28)24-14-16-6-3-7-18-21(16)30-13-12-29-18/h3,6-7,15,17H,1-2,4-5,8-14H2,(H2,23,26)(H,24,28)(H,25,27). The van der Waals surface area contributed by atoms with Gasteiger partial charge >= 0.3 is 0 Å². The van der Waals surface area contributed by atoms with Gasteiger partial charge in [-0.1, -0.05) is 37.8 Å². The van der Waals surface area contributed by atoms with Crippen molar-refractivity contribution in [2.24, 2.45) is 11.7 Å². The summed E-state index contributed by atoms with van der Waals surface area (Å²) in [6.45, 7) is 1.18. The monoisotopic (exact) mass is 417 g/mol. The highest BCUT2D eigenvalue weighted by molar-refractivity contribution is 5.88. The lowest BCUT2D eigenvalue weighted by Crippen LogP contribution is -2.47. The Morgan fingerprint density at radius 3 is 2.63 bits per heavy atom. The van der Waals surface area contributed by atoms with Crippen LogP contribution in [-0.2, 0) is 20.9 Å². The summed E-state index contributed by atoms with van der Waals surface area (Å²) in [4.78, 5) is 36.3. The molecule has 8 nitrogen and oxygen atoms in total. The molecule has 1 unspecified atom stereocenters. The van der Waals surface area contributed by atoms with Crippen molar-refractivity contribution < 1.29 is 23.9 Å². The molecule has 0 bridgehead atoms. The lowest BCUT2D eigenvalue weighted by Gasteiger charge is -2.22. The molecule has 1 atom stereocenters. The molecule has 164 valence electrons. The molecule has 1 heterocycles. The third-order valence-electron chi connectivity index (χ3n) is 5.69. The van der Waals surface area contributed by atoms with Crippen LogP contribution in [0.1, 0.15) is 56.9 Å². The smallest absolute Gasteiger partial charge is 0.242 e. The third-order valence-corrected chi connectivity index (χ3v) is 5.69. The molecule has 1 aromatic rings. The van der Waals surface area contributed by atoms with Gasteiger partial charge in [-0.2, -0.15) is 0 Å². The summed E-state index contributed by atoms with van der Waals surface area (Å²) in [5, 5.41) is 5.61. The highest BCUT2D eigenvalue weighted by atomic mass is 16.6. The lowest BCUT2D eigenvalue weighted by atomic mass is 10.0. The topological polar surface area (TPSA) is 120 Å². The first-order valence-electron chi connectivity index (χ1n) is 10.8. The van der Waals surface area contributed by atoms with E-state index in [2.05, 4.69) is 10.6 Å². The van der Waals surface area contributed by atoms with Crippen molar-refractivity contribution in [1.82, 2.24) is 10.6 Å². The second-order valence-electron chi connectivity index (χ2n) is 7.97. The Labute approximate surface area is 176 Å². The number of amides is 3. The van der Waals surface area contributed by atoms with Crippen molar-refractivity contribution in [1.29, 1.82) is 0 Å². The van der Waals surface area contributed by atoms with Gasteiger partial charge in [0.1, 0.15) is 19.3 Å². The zero-order chi connectivity index (χ0) is 21.3. The number of nitrogens with one attached hydrogen (secondary N) is 2. The van der Waals surface area contributed by atoms with Gasteiger partial charge in [-0.25, -0.2) is 0 Å². The largest absolute Gasteiger partial charge is 0.486 e. The highest BCUT2D eigenvalue weighted by Crippen LogP contribution is 2.33. The zero-order valence-corrected chi connectivity index (χ0v) is 17.3. The number of fused-ring (bicyclic) bond motifs is 1. The molecule has 1 aliphatic heterocycles. The second kappa shape index (κ2) is 10.8. The van der Waals surface area contributed by atoms with E-state index in [9.17, 15) is 14.4 Å². The Morgan fingerprint density at radius 2 is 1.87 bits per heavy atom. The predicted molar refractivity (Wildman–Crippen MR) is 111 cm³/mol. The number of carbonyl (C=O) groups is 3. The van der Waals surface area contributed by atoms with E-state index in [0.717, 1.165) is 12.0 Å². The van der Waals surface area contributed by atoms with Crippen LogP contribution in [0.2, 0.25) is 0 Å². The van der Waals surface area contributed by atoms with E-state index in [4.69, 9.17) is 15.2 Å². The number of rotatable bonds is 10. The Hall–Kier alpha value is -2.77. The fourth-order valence-electron chi connectivity index (χ4n) is 4.04. The zero-order valence-electron chi connectivity index (χ0n) is 17.3. The average molecular weight is 418 g/mol. The molecular weight excluding hydrogens is 386 g/mol. The number of benzene rings is 1. The average Bonchev–Trinajstić information content (AvgIpc) is 3.27. The Bertz CT molecular complexity index is 761. The van der Waals surface area contributed by atoms with Gasteiger partial charge in [-0.15, -0.1) is 0 Å². The molecule has 1 saturated carbocycles. The quantitative estimate of drug-likeness (QED) is 0.536. The van der Waals surface area contributed by atoms with Crippen LogP contribution in [0.3, 0.4) is 0 Å². The van der Waals surface area contributed by atoms with Crippen molar-refractivity contribution >= 4 is 17.7 Å². The van der Waals surface area contributed by atoms with E-state index in [1.54, 1.807) is 0 Å². The SMILES string of the molecule is NC(=O)CCC(NC(=O)CCC1CCCC1)C(=O)NCc1cccc2c1OCCO2. The summed E-state index contributed by atoms with van der Waals surface area (Å²) in [5.74, 6) is 0.854. The maximum Gasteiger partial charge on any atom is 0.242 e. The van der Waals surface area contributed by atoms with Gasteiger partial charge in [0, 0.05) is 24.9 Å². The van der Waals surface area contributed by atoms with Crippen LogP contribution < -0.4 is 25.8 Å². The first-order valence-corrected chi connectivity index (χ1v) is 10.8. The maximum atomic E-state index is 12.7. The fraction of sp³-hybridized carbons (Fsp3) is 0.591. The van der Waals surface area contributed by atoms with E-state index in [0.29, 0.717) is 37.1 Å². The first-order chi connectivity index (χ1) is 14.5. The number of para-hydroxylation sites is 1. The number of hydrogen-bond acceptors (Lipinski definition) is 5. The van der Waals surface area contributed by atoms with Crippen molar-refractivity contribution in [3.05, 3.63) is 23.8 Å². The van der Waals surface area contributed by atoms with Crippen LogP contribution in [0.4, 0.5) is 0 Å². The fourth-order valence-corrected chi connectivity index (χ4v) is 4.04. The number of carbonyl (C=O) groups excluding carboxylic acids is 3.